The molecule has 8 nitrogen and oxygen atoms in total. The topological polar surface area (TPSA) is 92.3 Å². The van der Waals surface area contributed by atoms with E-state index < -0.39 is 16.7 Å². The maximum Gasteiger partial charge on any atom is 0.220 e. The van der Waals surface area contributed by atoms with Crippen LogP contribution >= 0.6 is 35.0 Å². The Labute approximate surface area is 232 Å². The summed E-state index contributed by atoms with van der Waals surface area (Å²) in [6, 6.07) is 16.4. The van der Waals surface area contributed by atoms with E-state index in [4.69, 9.17) is 32.7 Å². The lowest BCUT2D eigenvalue weighted by Gasteiger charge is -2.19. The van der Waals surface area contributed by atoms with Gasteiger partial charge in [-0.1, -0.05) is 47.1 Å². The van der Waals surface area contributed by atoms with Crippen LogP contribution in [-0.4, -0.2) is 32.8 Å². The fourth-order valence-electron chi connectivity index (χ4n) is 3.69. The summed E-state index contributed by atoms with van der Waals surface area (Å²) in [5, 5.41) is 20.6. The molecule has 0 spiro atoms. The highest BCUT2D eigenvalue weighted by Crippen LogP contribution is 2.43. The van der Waals surface area contributed by atoms with E-state index in [1.807, 2.05) is 19.1 Å². The normalized spacial score (nSPS) is 11.8. The SMILES string of the molecule is CCOc1cc([C@@H](C[N+](=O)[O-])Sc2nnc(C)n2-c2ccc(F)cc2)cc(Cl)c1OCc1ccc(Cl)cc1. The number of nitrogens with zero attached hydrogens (tertiary/aromatic N) is 4. The Morgan fingerprint density at radius 2 is 1.79 bits per heavy atom. The van der Waals surface area contributed by atoms with Gasteiger partial charge in [0.05, 0.1) is 11.6 Å². The molecule has 0 aliphatic rings. The van der Waals surface area contributed by atoms with E-state index in [-0.39, 0.29) is 17.4 Å². The number of thioether (sulfide) groups is 1. The van der Waals surface area contributed by atoms with Crippen LogP contribution in [0.3, 0.4) is 0 Å². The van der Waals surface area contributed by atoms with E-state index in [2.05, 4.69) is 10.2 Å². The number of rotatable bonds is 11. The Kier molecular flexibility index (Phi) is 9.09. The Morgan fingerprint density at radius 1 is 1.08 bits per heavy atom. The van der Waals surface area contributed by atoms with E-state index in [1.165, 1.54) is 12.1 Å². The van der Waals surface area contributed by atoms with Gasteiger partial charge in [-0.05, 0) is 73.5 Å². The molecule has 3 aromatic carbocycles. The van der Waals surface area contributed by atoms with Gasteiger partial charge < -0.3 is 9.47 Å². The first kappa shape index (κ1) is 27.7. The van der Waals surface area contributed by atoms with Crippen molar-refractivity contribution >= 4 is 35.0 Å². The summed E-state index contributed by atoms with van der Waals surface area (Å²) in [6.45, 7) is 3.72. The van der Waals surface area contributed by atoms with Crippen LogP contribution in [0.5, 0.6) is 11.5 Å². The predicted octanol–water partition coefficient (Wildman–Crippen LogP) is 7.11. The van der Waals surface area contributed by atoms with E-state index in [0.29, 0.717) is 45.4 Å². The van der Waals surface area contributed by atoms with Crippen LogP contribution in [0.15, 0.2) is 65.8 Å². The maximum absolute atomic E-state index is 13.5. The van der Waals surface area contributed by atoms with Crippen molar-refractivity contribution in [3.8, 4) is 17.2 Å². The van der Waals surface area contributed by atoms with E-state index in [9.17, 15) is 14.5 Å². The van der Waals surface area contributed by atoms with Crippen molar-refractivity contribution in [2.75, 3.05) is 13.2 Å². The fourth-order valence-corrected chi connectivity index (χ4v) is 5.25. The van der Waals surface area contributed by atoms with Gasteiger partial charge in [0.1, 0.15) is 23.5 Å². The molecular formula is C26H23Cl2FN4O4S. The van der Waals surface area contributed by atoms with Crippen molar-refractivity contribution in [3.63, 3.8) is 0 Å². The monoisotopic (exact) mass is 576 g/mol. The van der Waals surface area contributed by atoms with Crippen molar-refractivity contribution in [2.24, 2.45) is 0 Å². The molecule has 0 aliphatic carbocycles. The third-order valence-corrected chi connectivity index (χ3v) is 7.16. The molecule has 12 heteroatoms. The van der Waals surface area contributed by atoms with Crippen LogP contribution in [0.4, 0.5) is 4.39 Å². The van der Waals surface area contributed by atoms with Gasteiger partial charge in [0.15, 0.2) is 16.7 Å². The highest BCUT2D eigenvalue weighted by atomic mass is 35.5. The molecule has 0 unspecified atom stereocenters. The van der Waals surface area contributed by atoms with Crippen molar-refractivity contribution < 1.29 is 18.8 Å². The molecule has 198 valence electrons. The molecule has 1 aromatic heterocycles. The van der Waals surface area contributed by atoms with Gasteiger partial charge in [-0.15, -0.1) is 10.2 Å². The van der Waals surface area contributed by atoms with Gasteiger partial charge in [0, 0.05) is 15.6 Å². The third-order valence-electron chi connectivity index (χ3n) is 5.44. The number of halogens is 3. The third kappa shape index (κ3) is 6.75. The Hall–Kier alpha value is -3.34. The van der Waals surface area contributed by atoms with Gasteiger partial charge in [-0.3, -0.25) is 14.7 Å². The standard InChI is InChI=1S/C26H23Cl2FN4O4S/c1-3-36-23-13-18(12-22(28)25(23)37-15-17-4-6-19(27)7-5-17)24(14-32(34)35)38-26-31-30-16(2)33(26)21-10-8-20(29)9-11-21/h4-13,24H,3,14-15H2,1-2H3/t24-/m1/s1. The van der Waals surface area contributed by atoms with Gasteiger partial charge in [0.25, 0.3) is 0 Å². The minimum atomic E-state index is -0.685. The van der Waals surface area contributed by atoms with Gasteiger partial charge >= 0.3 is 0 Å². The van der Waals surface area contributed by atoms with Crippen LogP contribution < -0.4 is 9.47 Å². The summed E-state index contributed by atoms with van der Waals surface area (Å²) in [5.74, 6) is 0.880. The van der Waals surface area contributed by atoms with E-state index in [1.54, 1.807) is 47.9 Å². The zero-order chi connectivity index (χ0) is 27.2. The van der Waals surface area contributed by atoms with Crippen molar-refractivity contribution in [1.29, 1.82) is 0 Å². The number of aromatic nitrogens is 3. The molecule has 0 fully saturated rings. The maximum atomic E-state index is 13.5. The highest BCUT2D eigenvalue weighted by Gasteiger charge is 2.26. The zero-order valence-electron chi connectivity index (χ0n) is 20.4. The van der Waals surface area contributed by atoms with Crippen LogP contribution in [0.2, 0.25) is 10.0 Å². The molecule has 0 amide bonds. The van der Waals surface area contributed by atoms with Crippen LogP contribution in [0, 0.1) is 22.9 Å². The number of ether oxygens (including phenoxy) is 2. The number of nitro groups is 1. The lowest BCUT2D eigenvalue weighted by atomic mass is 10.1. The minimum Gasteiger partial charge on any atom is -0.490 e. The molecule has 4 aromatic rings. The van der Waals surface area contributed by atoms with Gasteiger partial charge in [0.2, 0.25) is 6.54 Å². The summed E-state index contributed by atoms with van der Waals surface area (Å²) < 4.78 is 27.0. The first-order valence-electron chi connectivity index (χ1n) is 11.5. The van der Waals surface area contributed by atoms with Crippen molar-refractivity contribution in [3.05, 3.63) is 104 Å². The summed E-state index contributed by atoms with van der Waals surface area (Å²) in [4.78, 5) is 11.2. The molecule has 1 heterocycles. The smallest absolute Gasteiger partial charge is 0.220 e. The molecule has 1 atom stereocenters. The molecule has 0 N–H and O–H groups in total. The summed E-state index contributed by atoms with van der Waals surface area (Å²) in [6.07, 6.45) is 0. The fraction of sp³-hybridized carbons (Fsp3) is 0.231. The number of hydrogen-bond acceptors (Lipinski definition) is 7. The molecule has 4 rings (SSSR count). The first-order valence-corrected chi connectivity index (χ1v) is 13.2. The van der Waals surface area contributed by atoms with Crippen molar-refractivity contribution in [1.82, 2.24) is 14.8 Å². The summed E-state index contributed by atoms with van der Waals surface area (Å²) >= 11 is 13.7. The minimum absolute atomic E-state index is 0.226. The van der Waals surface area contributed by atoms with E-state index >= 15 is 0 Å². The van der Waals surface area contributed by atoms with Gasteiger partial charge in [-0.2, -0.15) is 0 Å². The molecular weight excluding hydrogens is 554 g/mol. The van der Waals surface area contributed by atoms with E-state index in [0.717, 1.165) is 17.3 Å². The number of aryl methyl sites for hydroxylation is 1. The van der Waals surface area contributed by atoms with Crippen LogP contribution in [0.1, 0.15) is 29.1 Å². The molecule has 0 bridgehead atoms. The zero-order valence-corrected chi connectivity index (χ0v) is 22.8. The van der Waals surface area contributed by atoms with Gasteiger partial charge in [-0.25, -0.2) is 4.39 Å². The average Bonchev–Trinajstić information content (AvgIpc) is 3.24. The molecule has 0 saturated heterocycles. The summed E-state index contributed by atoms with van der Waals surface area (Å²) in [5.41, 5.74) is 2.08. The van der Waals surface area contributed by atoms with Crippen molar-refractivity contribution in [2.45, 2.75) is 30.9 Å². The second-order valence-electron chi connectivity index (χ2n) is 8.14. The second kappa shape index (κ2) is 12.5. The highest BCUT2D eigenvalue weighted by molar-refractivity contribution is 7.99. The van der Waals surface area contributed by atoms with Crippen LogP contribution in [0.25, 0.3) is 5.69 Å². The lowest BCUT2D eigenvalue weighted by Crippen LogP contribution is -2.12. The van der Waals surface area contributed by atoms with Crippen LogP contribution in [-0.2, 0) is 6.61 Å². The molecule has 38 heavy (non-hydrogen) atoms. The molecule has 0 aliphatic heterocycles. The quantitative estimate of drug-likeness (QED) is 0.107. The Balaban J connectivity index is 1.66. The Morgan fingerprint density at radius 3 is 2.45 bits per heavy atom. The number of hydrogen-bond donors (Lipinski definition) is 0. The largest absolute Gasteiger partial charge is 0.490 e. The number of benzene rings is 3. The summed E-state index contributed by atoms with van der Waals surface area (Å²) in [7, 11) is 0. The predicted molar refractivity (Wildman–Crippen MR) is 145 cm³/mol. The molecule has 0 radical (unpaired) electrons. The lowest BCUT2D eigenvalue weighted by molar-refractivity contribution is -0.479. The first-order chi connectivity index (χ1) is 18.2. The molecule has 0 saturated carbocycles. The Bertz CT molecular complexity index is 1420. The second-order valence-corrected chi connectivity index (χ2v) is 10.2. The average molecular weight is 577 g/mol.